The fraction of sp³-hybridized carbons (Fsp3) is 0.500. The number of urea groups is 1. The minimum Gasteiger partial charge on any atom is -0.367 e. The van der Waals surface area contributed by atoms with Gasteiger partial charge >= 0.3 is 12.2 Å². The molecule has 4 N–H and O–H groups in total. The van der Waals surface area contributed by atoms with E-state index in [2.05, 4.69) is 15.4 Å². The Morgan fingerprint density at radius 2 is 1.85 bits per heavy atom. The molecule has 1 aromatic carbocycles. The number of primary amides is 1. The van der Waals surface area contributed by atoms with Crippen molar-refractivity contribution < 1.29 is 27.5 Å². The highest BCUT2D eigenvalue weighted by Gasteiger charge is 2.27. The molecule has 0 radical (unpaired) electrons. The lowest BCUT2D eigenvalue weighted by Crippen LogP contribution is -2.48. The van der Waals surface area contributed by atoms with E-state index in [0.29, 0.717) is 17.7 Å². The van der Waals surface area contributed by atoms with Crippen molar-refractivity contribution in [2.75, 3.05) is 18.6 Å². The van der Waals surface area contributed by atoms with E-state index >= 15 is 0 Å². The van der Waals surface area contributed by atoms with Crippen LogP contribution in [0.15, 0.2) is 24.3 Å². The van der Waals surface area contributed by atoms with Crippen molar-refractivity contribution in [3.05, 3.63) is 35.4 Å². The molecule has 0 saturated heterocycles. The van der Waals surface area contributed by atoms with Crippen LogP contribution < -0.4 is 16.4 Å². The van der Waals surface area contributed by atoms with Gasteiger partial charge in [0.25, 0.3) is 0 Å². The smallest absolute Gasteiger partial charge is 0.367 e. The first-order chi connectivity index (χ1) is 12.2. The van der Waals surface area contributed by atoms with Crippen LogP contribution in [0.3, 0.4) is 0 Å². The van der Waals surface area contributed by atoms with Crippen LogP contribution in [0.25, 0.3) is 0 Å². The topological polar surface area (TPSA) is 93.5 Å². The van der Waals surface area contributed by atoms with Gasteiger partial charge in [0, 0.05) is 6.54 Å². The van der Waals surface area contributed by atoms with Gasteiger partial charge < -0.3 is 21.1 Å². The van der Waals surface area contributed by atoms with E-state index in [1.165, 1.54) is 0 Å². The molecule has 3 amide bonds. The number of benzene rings is 1. The van der Waals surface area contributed by atoms with E-state index in [1.54, 1.807) is 36.0 Å². The molecule has 146 valence electrons. The Balaban J connectivity index is 2.47. The number of nitrogens with two attached hydrogens (primary N) is 1. The zero-order valence-electron chi connectivity index (χ0n) is 14.3. The van der Waals surface area contributed by atoms with E-state index in [-0.39, 0.29) is 19.1 Å². The summed E-state index contributed by atoms with van der Waals surface area (Å²) in [4.78, 5) is 23.1. The maximum Gasteiger partial charge on any atom is 0.411 e. The Morgan fingerprint density at radius 1 is 1.23 bits per heavy atom. The molecule has 0 aromatic heterocycles. The number of halogens is 3. The minimum atomic E-state index is -4.35. The molecule has 0 bridgehead atoms. The molecule has 1 atom stereocenters. The van der Waals surface area contributed by atoms with Gasteiger partial charge in [-0.25, -0.2) is 4.79 Å². The molecule has 1 rings (SSSR count). The second kappa shape index (κ2) is 10.9. The van der Waals surface area contributed by atoms with Gasteiger partial charge in [-0.1, -0.05) is 24.3 Å². The molecule has 6 nitrogen and oxygen atoms in total. The van der Waals surface area contributed by atoms with E-state index in [0.717, 1.165) is 5.56 Å². The van der Waals surface area contributed by atoms with Gasteiger partial charge in [-0.15, -0.1) is 0 Å². The van der Waals surface area contributed by atoms with E-state index in [9.17, 15) is 22.8 Å². The predicted octanol–water partition coefficient (Wildman–Crippen LogP) is 2.17. The van der Waals surface area contributed by atoms with Gasteiger partial charge in [0.2, 0.25) is 5.91 Å². The molecular weight excluding hydrogens is 371 g/mol. The first-order valence-corrected chi connectivity index (χ1v) is 9.15. The van der Waals surface area contributed by atoms with Gasteiger partial charge in [-0.05, 0) is 29.6 Å². The Morgan fingerprint density at radius 3 is 2.38 bits per heavy atom. The molecule has 0 aliphatic carbocycles. The molecule has 1 aromatic rings. The van der Waals surface area contributed by atoms with Crippen molar-refractivity contribution in [3.63, 3.8) is 0 Å². The summed E-state index contributed by atoms with van der Waals surface area (Å²) in [5, 5.41) is 5.10. The summed E-state index contributed by atoms with van der Waals surface area (Å²) in [7, 11) is 0. The number of hydrogen-bond donors (Lipinski definition) is 3. The maximum absolute atomic E-state index is 12.1. The molecule has 0 aliphatic rings. The molecule has 10 heteroatoms. The van der Waals surface area contributed by atoms with Crippen LogP contribution in [-0.2, 0) is 22.7 Å². The summed E-state index contributed by atoms with van der Waals surface area (Å²) in [6.07, 6.45) is -2.01. The van der Waals surface area contributed by atoms with Crippen LogP contribution in [0.5, 0.6) is 0 Å². The second-order valence-electron chi connectivity index (χ2n) is 5.48. The summed E-state index contributed by atoms with van der Waals surface area (Å²) >= 11 is 1.54. The van der Waals surface area contributed by atoms with Gasteiger partial charge in [0.1, 0.15) is 12.6 Å². The third kappa shape index (κ3) is 9.52. The van der Waals surface area contributed by atoms with Gasteiger partial charge in [0.15, 0.2) is 0 Å². The van der Waals surface area contributed by atoms with Crippen LogP contribution >= 0.6 is 11.8 Å². The standard InChI is InChI=1S/C16H22F3N3O3S/c1-26-7-6-13(22-15(20)24)14(23)21-8-11-2-4-12(5-3-11)9-25-10-16(17,18)19/h2-5,13H,6-10H2,1H3,(H,21,23)(H3,20,22,24). The number of ether oxygens (including phenoxy) is 1. The zero-order chi connectivity index (χ0) is 19.6. The minimum absolute atomic E-state index is 0.147. The quantitative estimate of drug-likeness (QED) is 0.568. The van der Waals surface area contributed by atoms with Crippen molar-refractivity contribution >= 4 is 23.7 Å². The summed E-state index contributed by atoms with van der Waals surface area (Å²) in [6.45, 7) is -1.22. The number of alkyl halides is 3. The van der Waals surface area contributed by atoms with Crippen LogP contribution in [0.2, 0.25) is 0 Å². The van der Waals surface area contributed by atoms with Crippen molar-refractivity contribution in [2.24, 2.45) is 5.73 Å². The molecule has 1 unspecified atom stereocenters. The number of amides is 3. The number of nitrogens with one attached hydrogen (secondary N) is 2. The predicted molar refractivity (Wildman–Crippen MR) is 93.5 cm³/mol. The summed E-state index contributed by atoms with van der Waals surface area (Å²) < 4.78 is 40.6. The highest BCUT2D eigenvalue weighted by Crippen LogP contribution is 2.15. The second-order valence-corrected chi connectivity index (χ2v) is 6.47. The first-order valence-electron chi connectivity index (χ1n) is 7.76. The van der Waals surface area contributed by atoms with Gasteiger partial charge in [-0.3, -0.25) is 4.79 Å². The van der Waals surface area contributed by atoms with E-state index in [1.807, 2.05) is 6.26 Å². The van der Waals surface area contributed by atoms with Crippen molar-refractivity contribution in [3.8, 4) is 0 Å². The normalized spacial score (nSPS) is 12.5. The SMILES string of the molecule is CSCCC(NC(N)=O)C(=O)NCc1ccc(COCC(F)(F)F)cc1. The molecule has 0 spiro atoms. The molecular formula is C16H22F3N3O3S. The summed E-state index contributed by atoms with van der Waals surface area (Å²) in [5.41, 5.74) is 6.43. The first kappa shape index (κ1) is 22.1. The highest BCUT2D eigenvalue weighted by molar-refractivity contribution is 7.98. The third-order valence-electron chi connectivity index (χ3n) is 3.27. The van der Waals surface area contributed by atoms with Gasteiger partial charge in [0.05, 0.1) is 6.61 Å². The molecule has 0 saturated carbocycles. The fourth-order valence-corrected chi connectivity index (χ4v) is 2.50. The fourth-order valence-electron chi connectivity index (χ4n) is 2.03. The molecule has 0 heterocycles. The van der Waals surface area contributed by atoms with Crippen LogP contribution in [-0.4, -0.2) is 42.8 Å². The average Bonchev–Trinajstić information content (AvgIpc) is 2.56. The lowest BCUT2D eigenvalue weighted by molar-refractivity contribution is -0.176. The summed E-state index contributed by atoms with van der Waals surface area (Å²) in [6, 6.07) is 5.15. The molecule has 0 fully saturated rings. The van der Waals surface area contributed by atoms with Crippen molar-refractivity contribution in [1.82, 2.24) is 10.6 Å². The van der Waals surface area contributed by atoms with E-state index in [4.69, 9.17) is 5.73 Å². The number of rotatable bonds is 10. The lowest BCUT2D eigenvalue weighted by Gasteiger charge is -2.17. The Bertz CT molecular complexity index is 582. The largest absolute Gasteiger partial charge is 0.411 e. The molecule has 26 heavy (non-hydrogen) atoms. The van der Waals surface area contributed by atoms with Crippen LogP contribution in [0.1, 0.15) is 17.5 Å². The number of carbonyl (C=O) groups is 2. The maximum atomic E-state index is 12.1. The average molecular weight is 393 g/mol. The molecule has 0 aliphatic heterocycles. The Hall–Kier alpha value is -1.94. The Labute approximate surface area is 154 Å². The number of hydrogen-bond acceptors (Lipinski definition) is 4. The van der Waals surface area contributed by atoms with Gasteiger partial charge in [-0.2, -0.15) is 24.9 Å². The van der Waals surface area contributed by atoms with Crippen molar-refractivity contribution in [2.45, 2.75) is 31.8 Å². The number of thioether (sulfide) groups is 1. The lowest BCUT2D eigenvalue weighted by atomic mass is 10.1. The summed E-state index contributed by atoms with van der Waals surface area (Å²) in [5.74, 6) is 0.334. The van der Waals surface area contributed by atoms with Crippen LogP contribution in [0, 0.1) is 0 Å². The van der Waals surface area contributed by atoms with E-state index < -0.39 is 24.9 Å². The third-order valence-corrected chi connectivity index (χ3v) is 3.91. The zero-order valence-corrected chi connectivity index (χ0v) is 15.1. The highest BCUT2D eigenvalue weighted by atomic mass is 32.2. The van der Waals surface area contributed by atoms with Crippen molar-refractivity contribution in [1.29, 1.82) is 0 Å². The van der Waals surface area contributed by atoms with Crippen LogP contribution in [0.4, 0.5) is 18.0 Å². The monoisotopic (exact) mass is 393 g/mol. The Kier molecular flexibility index (Phi) is 9.28. The number of carbonyl (C=O) groups excluding carboxylic acids is 2.